The molecule has 0 spiro atoms. The highest BCUT2D eigenvalue weighted by Crippen LogP contribution is 2.26. The highest BCUT2D eigenvalue weighted by molar-refractivity contribution is 5.39. The van der Waals surface area contributed by atoms with Gasteiger partial charge in [-0.2, -0.15) is 0 Å². The third-order valence-electron chi connectivity index (χ3n) is 2.82. The first-order valence-corrected chi connectivity index (χ1v) is 6.27. The van der Waals surface area contributed by atoms with Crippen molar-refractivity contribution < 1.29 is 0 Å². The van der Waals surface area contributed by atoms with Gasteiger partial charge in [0.05, 0.1) is 5.69 Å². The molecule has 0 aliphatic heterocycles. The lowest BCUT2D eigenvalue weighted by molar-refractivity contribution is 0.491. The third-order valence-corrected chi connectivity index (χ3v) is 2.82. The number of anilines is 1. The summed E-state index contributed by atoms with van der Waals surface area (Å²) in [7, 11) is 0. The number of aryl methyl sites for hydroxylation is 1. The summed E-state index contributed by atoms with van der Waals surface area (Å²) >= 11 is 0. The molecule has 0 radical (unpaired) electrons. The summed E-state index contributed by atoms with van der Waals surface area (Å²) in [6.45, 7) is 11.9. The van der Waals surface area contributed by atoms with Crippen LogP contribution in [0.4, 0.5) is 5.82 Å². The molecule has 0 aliphatic carbocycles. The summed E-state index contributed by atoms with van der Waals surface area (Å²) < 4.78 is 2.20. The van der Waals surface area contributed by atoms with Crippen LogP contribution < -0.4 is 5.73 Å². The minimum atomic E-state index is 0.0648. The molecular formula is C13H25N3. The molecule has 0 unspecified atom stereocenters. The van der Waals surface area contributed by atoms with Gasteiger partial charge in [0.25, 0.3) is 0 Å². The summed E-state index contributed by atoms with van der Waals surface area (Å²) in [6, 6.07) is 0. The van der Waals surface area contributed by atoms with Gasteiger partial charge in [0.15, 0.2) is 0 Å². The first kappa shape index (κ1) is 13.1. The van der Waals surface area contributed by atoms with Crippen LogP contribution in [-0.2, 0) is 18.4 Å². The molecule has 1 aromatic rings. The summed E-state index contributed by atoms with van der Waals surface area (Å²) in [5.74, 6) is 1.98. The van der Waals surface area contributed by atoms with E-state index in [1.54, 1.807) is 0 Å². The Hall–Kier alpha value is -0.990. The van der Waals surface area contributed by atoms with Gasteiger partial charge in [-0.25, -0.2) is 4.98 Å². The zero-order chi connectivity index (χ0) is 12.3. The van der Waals surface area contributed by atoms with Crippen LogP contribution in [0.15, 0.2) is 0 Å². The Balaban J connectivity index is 3.14. The lowest BCUT2D eigenvalue weighted by Gasteiger charge is -2.20. The maximum atomic E-state index is 6.15. The monoisotopic (exact) mass is 223 g/mol. The number of nitrogens with two attached hydrogens (primary N) is 1. The van der Waals surface area contributed by atoms with Gasteiger partial charge in [0.1, 0.15) is 11.6 Å². The van der Waals surface area contributed by atoms with Crippen molar-refractivity contribution in [3.8, 4) is 0 Å². The van der Waals surface area contributed by atoms with E-state index >= 15 is 0 Å². The topological polar surface area (TPSA) is 43.8 Å². The van der Waals surface area contributed by atoms with E-state index in [4.69, 9.17) is 10.7 Å². The third kappa shape index (κ3) is 2.57. The molecule has 0 aliphatic rings. The van der Waals surface area contributed by atoms with Crippen molar-refractivity contribution >= 4 is 5.82 Å². The first-order valence-electron chi connectivity index (χ1n) is 6.27. The SMILES string of the molecule is CCCCn1c(C(C)(C)C)nc(CC)c1N. The van der Waals surface area contributed by atoms with Crippen molar-refractivity contribution in [2.45, 2.75) is 65.8 Å². The second-order valence-electron chi connectivity index (χ2n) is 5.38. The number of hydrogen-bond donors (Lipinski definition) is 1. The molecule has 0 saturated carbocycles. The Morgan fingerprint density at radius 3 is 2.31 bits per heavy atom. The molecule has 3 nitrogen and oxygen atoms in total. The second-order valence-corrected chi connectivity index (χ2v) is 5.38. The van der Waals surface area contributed by atoms with Crippen LogP contribution >= 0.6 is 0 Å². The standard InChI is InChI=1S/C13H25N3/c1-6-8-9-16-11(14)10(7-2)15-12(16)13(3,4)5/h6-9,14H2,1-5H3. The van der Waals surface area contributed by atoms with Gasteiger partial charge in [-0.15, -0.1) is 0 Å². The number of nitrogen functional groups attached to an aromatic ring is 1. The van der Waals surface area contributed by atoms with Gasteiger partial charge in [-0.05, 0) is 12.8 Å². The van der Waals surface area contributed by atoms with Gasteiger partial charge in [0, 0.05) is 12.0 Å². The van der Waals surface area contributed by atoms with Crippen molar-refractivity contribution in [1.82, 2.24) is 9.55 Å². The van der Waals surface area contributed by atoms with Gasteiger partial charge < -0.3 is 10.3 Å². The van der Waals surface area contributed by atoms with Crippen molar-refractivity contribution in [3.05, 3.63) is 11.5 Å². The highest BCUT2D eigenvalue weighted by atomic mass is 15.1. The molecule has 0 fully saturated rings. The molecule has 0 aromatic carbocycles. The minimum Gasteiger partial charge on any atom is -0.384 e. The zero-order valence-corrected chi connectivity index (χ0v) is 11.3. The average molecular weight is 223 g/mol. The highest BCUT2D eigenvalue weighted by Gasteiger charge is 2.23. The Bertz CT molecular complexity index is 345. The number of hydrogen-bond acceptors (Lipinski definition) is 2. The number of unbranched alkanes of at least 4 members (excludes halogenated alkanes) is 1. The second kappa shape index (κ2) is 4.89. The fraction of sp³-hybridized carbons (Fsp3) is 0.769. The summed E-state index contributed by atoms with van der Waals surface area (Å²) in [5.41, 5.74) is 7.26. The molecule has 3 heteroatoms. The molecule has 2 N–H and O–H groups in total. The van der Waals surface area contributed by atoms with E-state index in [1.165, 1.54) is 6.42 Å². The number of aromatic nitrogens is 2. The van der Waals surface area contributed by atoms with Crippen LogP contribution in [0, 0.1) is 0 Å². The fourth-order valence-electron chi connectivity index (χ4n) is 1.89. The zero-order valence-electron chi connectivity index (χ0n) is 11.3. The van der Waals surface area contributed by atoms with Crippen molar-refractivity contribution in [2.75, 3.05) is 5.73 Å². The Labute approximate surface area is 99.1 Å². The Morgan fingerprint density at radius 1 is 1.25 bits per heavy atom. The Morgan fingerprint density at radius 2 is 1.88 bits per heavy atom. The number of rotatable bonds is 4. The normalized spacial score (nSPS) is 12.1. The fourth-order valence-corrected chi connectivity index (χ4v) is 1.89. The lowest BCUT2D eigenvalue weighted by Crippen LogP contribution is -2.20. The van der Waals surface area contributed by atoms with Crippen LogP contribution in [0.2, 0.25) is 0 Å². The molecule has 1 aromatic heterocycles. The summed E-state index contributed by atoms with van der Waals surface area (Å²) in [6.07, 6.45) is 3.25. The van der Waals surface area contributed by atoms with Gasteiger partial charge in [0.2, 0.25) is 0 Å². The quantitative estimate of drug-likeness (QED) is 0.852. The summed E-state index contributed by atoms with van der Waals surface area (Å²) in [4.78, 5) is 4.69. The van der Waals surface area contributed by atoms with Gasteiger partial charge in [-0.3, -0.25) is 0 Å². The molecular weight excluding hydrogens is 198 g/mol. The van der Waals surface area contributed by atoms with Gasteiger partial charge >= 0.3 is 0 Å². The van der Waals surface area contributed by atoms with E-state index in [1.807, 2.05) is 0 Å². The van der Waals surface area contributed by atoms with E-state index < -0.39 is 0 Å². The van der Waals surface area contributed by atoms with Crippen LogP contribution in [0.25, 0.3) is 0 Å². The van der Waals surface area contributed by atoms with Crippen molar-refractivity contribution in [3.63, 3.8) is 0 Å². The smallest absolute Gasteiger partial charge is 0.126 e. The predicted octanol–water partition coefficient (Wildman–Crippen LogP) is 3.13. The maximum Gasteiger partial charge on any atom is 0.126 e. The molecule has 1 rings (SSSR count). The van der Waals surface area contributed by atoms with Crippen molar-refractivity contribution in [2.24, 2.45) is 0 Å². The minimum absolute atomic E-state index is 0.0648. The summed E-state index contributed by atoms with van der Waals surface area (Å²) in [5, 5.41) is 0. The molecule has 92 valence electrons. The number of imidazole rings is 1. The van der Waals surface area contributed by atoms with E-state index in [0.717, 1.165) is 36.7 Å². The van der Waals surface area contributed by atoms with E-state index in [9.17, 15) is 0 Å². The van der Waals surface area contributed by atoms with Crippen LogP contribution in [0.1, 0.15) is 59.0 Å². The van der Waals surface area contributed by atoms with Gasteiger partial charge in [-0.1, -0.05) is 41.0 Å². The first-order chi connectivity index (χ1) is 7.41. The van der Waals surface area contributed by atoms with Crippen LogP contribution in [-0.4, -0.2) is 9.55 Å². The molecule has 0 saturated heterocycles. The average Bonchev–Trinajstić information content (AvgIpc) is 2.52. The predicted molar refractivity (Wildman–Crippen MR) is 69.6 cm³/mol. The Kier molecular flexibility index (Phi) is 4.00. The van der Waals surface area contributed by atoms with E-state index in [-0.39, 0.29) is 5.41 Å². The maximum absolute atomic E-state index is 6.15. The van der Waals surface area contributed by atoms with Crippen LogP contribution in [0.3, 0.4) is 0 Å². The largest absolute Gasteiger partial charge is 0.384 e. The molecule has 0 atom stereocenters. The molecule has 16 heavy (non-hydrogen) atoms. The molecule has 0 bridgehead atoms. The van der Waals surface area contributed by atoms with E-state index in [0.29, 0.717) is 0 Å². The van der Waals surface area contributed by atoms with E-state index in [2.05, 4.69) is 39.2 Å². The molecule has 0 amide bonds. The molecule has 1 heterocycles. The number of nitrogens with zero attached hydrogens (tertiary/aromatic N) is 2. The van der Waals surface area contributed by atoms with Crippen LogP contribution in [0.5, 0.6) is 0 Å². The lowest BCUT2D eigenvalue weighted by atomic mass is 9.95. The van der Waals surface area contributed by atoms with Crippen molar-refractivity contribution in [1.29, 1.82) is 0 Å².